The molecule has 0 aliphatic heterocycles. The average molecular weight is 351 g/mol. The maximum atomic E-state index is 13.3. The molecule has 0 saturated heterocycles. The lowest BCUT2D eigenvalue weighted by Crippen LogP contribution is -2.76. The second kappa shape index (κ2) is 4.65. The molecule has 4 N–H and O–H groups in total. The van der Waals surface area contributed by atoms with Crippen LogP contribution in [0.15, 0.2) is 0 Å². The first-order valence-electron chi connectivity index (χ1n) is 8.25. The lowest BCUT2D eigenvalue weighted by Gasteiger charge is -2.66. The minimum atomic E-state index is -4.71. The van der Waals surface area contributed by atoms with E-state index in [1.807, 2.05) is 0 Å². The van der Waals surface area contributed by atoms with Crippen molar-refractivity contribution < 1.29 is 33.3 Å². The first-order valence-corrected chi connectivity index (χ1v) is 8.25. The van der Waals surface area contributed by atoms with Crippen molar-refractivity contribution in [2.45, 2.75) is 87.3 Å². The molecule has 1 amide bonds. The Balaban J connectivity index is 1.91. The SMILES string of the molecule is CCC(C)(C(=O)NC12CC3(O)CC(O)(CC(O)(C3)C1)C2)C(F)(F)F. The van der Waals surface area contributed by atoms with E-state index in [-0.39, 0.29) is 38.5 Å². The fraction of sp³-hybridized carbons (Fsp3) is 0.938. The summed E-state index contributed by atoms with van der Waals surface area (Å²) in [4.78, 5) is 12.5. The number of rotatable bonds is 3. The Bertz CT molecular complexity index is 525. The Hall–Kier alpha value is -0.860. The van der Waals surface area contributed by atoms with Gasteiger partial charge in [-0.2, -0.15) is 13.2 Å². The second-order valence-corrected chi connectivity index (χ2v) is 8.65. The monoisotopic (exact) mass is 351 g/mol. The fourth-order valence-corrected chi connectivity index (χ4v) is 5.48. The smallest absolute Gasteiger partial charge is 0.390 e. The Morgan fingerprint density at radius 3 is 1.62 bits per heavy atom. The van der Waals surface area contributed by atoms with Gasteiger partial charge in [0.15, 0.2) is 0 Å². The number of aliphatic hydroxyl groups is 3. The minimum Gasteiger partial charge on any atom is -0.390 e. The quantitative estimate of drug-likeness (QED) is 0.619. The molecule has 0 heterocycles. The van der Waals surface area contributed by atoms with Crippen LogP contribution in [0.5, 0.6) is 0 Å². The standard InChI is InChI=1S/C16H24F3NO4/c1-3-11(2,16(17,18)19)10(21)20-12-4-13(22)7-14(23,5-12)9-15(24,6-12)8-13/h22-24H,3-9H2,1-2H3,(H,20,21). The van der Waals surface area contributed by atoms with Crippen LogP contribution in [0.3, 0.4) is 0 Å². The molecule has 0 aromatic rings. The van der Waals surface area contributed by atoms with E-state index in [9.17, 15) is 33.3 Å². The summed E-state index contributed by atoms with van der Waals surface area (Å²) in [5.41, 5.74) is -7.87. The van der Waals surface area contributed by atoms with Crippen molar-refractivity contribution in [3.63, 3.8) is 0 Å². The summed E-state index contributed by atoms with van der Waals surface area (Å²) in [5, 5.41) is 34.4. The minimum absolute atomic E-state index is 0.0496. The maximum absolute atomic E-state index is 13.3. The van der Waals surface area contributed by atoms with Crippen molar-refractivity contribution in [1.82, 2.24) is 5.32 Å². The van der Waals surface area contributed by atoms with Gasteiger partial charge >= 0.3 is 6.18 Å². The van der Waals surface area contributed by atoms with Crippen LogP contribution in [-0.2, 0) is 4.79 Å². The van der Waals surface area contributed by atoms with Crippen LogP contribution in [-0.4, -0.2) is 49.7 Å². The number of alkyl halides is 3. The molecule has 138 valence electrons. The highest BCUT2D eigenvalue weighted by Crippen LogP contribution is 2.61. The van der Waals surface area contributed by atoms with E-state index in [1.165, 1.54) is 6.92 Å². The van der Waals surface area contributed by atoms with Gasteiger partial charge in [-0.1, -0.05) is 6.92 Å². The molecule has 5 nitrogen and oxygen atoms in total. The first-order chi connectivity index (χ1) is 10.7. The lowest BCUT2D eigenvalue weighted by molar-refractivity contribution is -0.265. The number of hydrogen-bond acceptors (Lipinski definition) is 4. The topological polar surface area (TPSA) is 89.8 Å². The third-order valence-corrected chi connectivity index (χ3v) is 6.19. The summed E-state index contributed by atoms with van der Waals surface area (Å²) in [6.45, 7) is 2.14. The van der Waals surface area contributed by atoms with E-state index in [4.69, 9.17) is 0 Å². The normalized spacial score (nSPS) is 46.7. The van der Waals surface area contributed by atoms with Crippen LogP contribution in [0, 0.1) is 5.41 Å². The summed E-state index contributed by atoms with van der Waals surface area (Å²) in [5.74, 6) is -1.17. The molecule has 0 radical (unpaired) electrons. The molecule has 0 aromatic heterocycles. The number of carbonyl (C=O) groups excluding carboxylic acids is 1. The van der Waals surface area contributed by atoms with Gasteiger partial charge in [0.2, 0.25) is 5.91 Å². The molecule has 4 saturated carbocycles. The van der Waals surface area contributed by atoms with Crippen molar-refractivity contribution in [3.05, 3.63) is 0 Å². The van der Waals surface area contributed by atoms with E-state index in [2.05, 4.69) is 5.32 Å². The summed E-state index contributed by atoms with van der Waals surface area (Å²) < 4.78 is 40.0. The number of carbonyl (C=O) groups is 1. The molecule has 4 fully saturated rings. The van der Waals surface area contributed by atoms with Crippen LogP contribution in [0.1, 0.15) is 58.8 Å². The van der Waals surface area contributed by atoms with E-state index in [1.54, 1.807) is 0 Å². The van der Waals surface area contributed by atoms with Crippen molar-refractivity contribution >= 4 is 5.91 Å². The van der Waals surface area contributed by atoms with Gasteiger partial charge in [-0.3, -0.25) is 4.79 Å². The molecule has 8 heteroatoms. The molecule has 1 unspecified atom stereocenters. The second-order valence-electron chi connectivity index (χ2n) is 8.65. The highest BCUT2D eigenvalue weighted by Gasteiger charge is 2.69. The molecule has 24 heavy (non-hydrogen) atoms. The fourth-order valence-electron chi connectivity index (χ4n) is 5.48. The number of nitrogens with one attached hydrogen (secondary N) is 1. The maximum Gasteiger partial charge on any atom is 0.402 e. The molecule has 4 rings (SSSR count). The molecule has 4 bridgehead atoms. The van der Waals surface area contributed by atoms with Crippen LogP contribution >= 0.6 is 0 Å². The van der Waals surface area contributed by atoms with Crippen LogP contribution < -0.4 is 5.32 Å². The summed E-state index contributed by atoms with van der Waals surface area (Å²) in [6, 6.07) is 0. The van der Waals surface area contributed by atoms with Crippen molar-refractivity contribution in [1.29, 1.82) is 0 Å². The molecule has 4 aliphatic carbocycles. The van der Waals surface area contributed by atoms with Gasteiger partial charge in [0.25, 0.3) is 0 Å². The third kappa shape index (κ3) is 2.54. The number of halogens is 3. The predicted octanol–water partition coefficient (Wildman–Crippen LogP) is 1.39. The van der Waals surface area contributed by atoms with Gasteiger partial charge < -0.3 is 20.6 Å². The average Bonchev–Trinajstić information content (AvgIpc) is 2.29. The van der Waals surface area contributed by atoms with Gasteiger partial charge in [0.05, 0.1) is 16.8 Å². The number of amides is 1. The van der Waals surface area contributed by atoms with E-state index < -0.39 is 46.3 Å². The molecular formula is C16H24F3NO4. The molecule has 1 atom stereocenters. The van der Waals surface area contributed by atoms with Crippen molar-refractivity contribution in [3.8, 4) is 0 Å². The van der Waals surface area contributed by atoms with Gasteiger partial charge in [0, 0.05) is 24.8 Å². The van der Waals surface area contributed by atoms with Crippen LogP contribution in [0.25, 0.3) is 0 Å². The van der Waals surface area contributed by atoms with E-state index >= 15 is 0 Å². The molecular weight excluding hydrogens is 327 g/mol. The molecule has 4 aliphatic rings. The zero-order chi connectivity index (χ0) is 18.2. The number of hydrogen-bond donors (Lipinski definition) is 4. The largest absolute Gasteiger partial charge is 0.402 e. The Morgan fingerprint density at radius 2 is 1.33 bits per heavy atom. The van der Waals surface area contributed by atoms with Gasteiger partial charge in [-0.15, -0.1) is 0 Å². The van der Waals surface area contributed by atoms with Crippen molar-refractivity contribution in [2.75, 3.05) is 0 Å². The highest BCUT2D eigenvalue weighted by molar-refractivity contribution is 5.84. The summed E-state index contributed by atoms with van der Waals surface area (Å²) in [7, 11) is 0. The lowest BCUT2D eigenvalue weighted by atomic mass is 9.47. The third-order valence-electron chi connectivity index (χ3n) is 6.19. The van der Waals surface area contributed by atoms with Gasteiger partial charge in [-0.25, -0.2) is 0 Å². The van der Waals surface area contributed by atoms with Crippen molar-refractivity contribution in [2.24, 2.45) is 5.41 Å². The summed E-state index contributed by atoms with van der Waals surface area (Å²) >= 11 is 0. The van der Waals surface area contributed by atoms with Gasteiger partial charge in [-0.05, 0) is 32.6 Å². The van der Waals surface area contributed by atoms with Gasteiger partial charge in [0.1, 0.15) is 5.41 Å². The first kappa shape index (κ1) is 17.9. The Kier molecular flexibility index (Phi) is 3.48. The van der Waals surface area contributed by atoms with E-state index in [0.717, 1.165) is 6.92 Å². The van der Waals surface area contributed by atoms with Crippen LogP contribution in [0.2, 0.25) is 0 Å². The molecule has 0 aromatic carbocycles. The molecule has 0 spiro atoms. The Morgan fingerprint density at radius 1 is 0.958 bits per heavy atom. The summed E-state index contributed by atoms with van der Waals surface area (Å²) in [6.07, 6.45) is -4.76. The highest BCUT2D eigenvalue weighted by atomic mass is 19.4. The zero-order valence-electron chi connectivity index (χ0n) is 13.8. The van der Waals surface area contributed by atoms with E-state index in [0.29, 0.717) is 0 Å². The Labute approximate surface area is 138 Å². The zero-order valence-corrected chi connectivity index (χ0v) is 13.8. The van der Waals surface area contributed by atoms with Crippen LogP contribution in [0.4, 0.5) is 13.2 Å². The predicted molar refractivity (Wildman–Crippen MR) is 77.9 cm³/mol.